The van der Waals surface area contributed by atoms with Gasteiger partial charge in [-0.2, -0.15) is 0 Å². The highest BCUT2D eigenvalue weighted by molar-refractivity contribution is 5.93. The Bertz CT molecular complexity index is 801. The second-order valence-electron chi connectivity index (χ2n) is 7.06. The Labute approximate surface area is 159 Å². The summed E-state index contributed by atoms with van der Waals surface area (Å²) >= 11 is 0. The van der Waals surface area contributed by atoms with Crippen LogP contribution in [0.2, 0.25) is 0 Å². The number of aromatic nitrogens is 2. The number of carbonyl (C=O) groups excluding carboxylic acids is 1. The molecule has 0 spiro atoms. The number of rotatable bonds is 5. The van der Waals surface area contributed by atoms with Gasteiger partial charge in [-0.3, -0.25) is 4.79 Å². The lowest BCUT2D eigenvalue weighted by atomic mass is 10.0. The van der Waals surface area contributed by atoms with Crippen LogP contribution in [-0.4, -0.2) is 54.0 Å². The Hall–Kier alpha value is -2.54. The van der Waals surface area contributed by atoms with E-state index in [9.17, 15) is 9.18 Å². The van der Waals surface area contributed by atoms with Crippen LogP contribution in [0.4, 0.5) is 10.2 Å². The summed E-state index contributed by atoms with van der Waals surface area (Å²) in [5, 5.41) is 6.13. The van der Waals surface area contributed by atoms with Crippen molar-refractivity contribution in [1.29, 1.82) is 0 Å². The monoisotopic (exact) mass is 371 g/mol. The molecule has 1 aliphatic heterocycles. The van der Waals surface area contributed by atoms with E-state index < -0.39 is 0 Å². The molecule has 0 saturated carbocycles. The SMILES string of the molecule is CNC(=O)c1nc(Cc2ccc(F)cc2)c(NC2CCN(C)CC2)nc1C. The van der Waals surface area contributed by atoms with Gasteiger partial charge in [-0.05, 0) is 57.6 Å². The van der Waals surface area contributed by atoms with Gasteiger partial charge in [-0.15, -0.1) is 0 Å². The summed E-state index contributed by atoms with van der Waals surface area (Å²) in [4.78, 5) is 23.7. The Morgan fingerprint density at radius 1 is 1.22 bits per heavy atom. The predicted molar refractivity (Wildman–Crippen MR) is 104 cm³/mol. The second-order valence-corrected chi connectivity index (χ2v) is 7.06. The Morgan fingerprint density at radius 3 is 2.52 bits per heavy atom. The minimum Gasteiger partial charge on any atom is -0.366 e. The Balaban J connectivity index is 1.90. The number of piperidine rings is 1. The van der Waals surface area contributed by atoms with E-state index in [1.807, 2.05) is 0 Å². The minimum atomic E-state index is -0.274. The van der Waals surface area contributed by atoms with Gasteiger partial charge in [-0.25, -0.2) is 14.4 Å². The zero-order valence-corrected chi connectivity index (χ0v) is 16.1. The number of halogens is 1. The number of benzene rings is 1. The quantitative estimate of drug-likeness (QED) is 0.845. The number of anilines is 1. The number of nitrogens with one attached hydrogen (secondary N) is 2. The topological polar surface area (TPSA) is 70.2 Å². The molecule has 3 rings (SSSR count). The van der Waals surface area contributed by atoms with Crippen molar-refractivity contribution in [2.24, 2.45) is 0 Å². The maximum Gasteiger partial charge on any atom is 0.271 e. The smallest absolute Gasteiger partial charge is 0.271 e. The molecule has 1 fully saturated rings. The third-order valence-corrected chi connectivity index (χ3v) is 4.93. The first kappa shape index (κ1) is 19.2. The van der Waals surface area contributed by atoms with Crippen LogP contribution in [0.1, 0.15) is 40.3 Å². The van der Waals surface area contributed by atoms with Crippen LogP contribution in [0.3, 0.4) is 0 Å². The maximum absolute atomic E-state index is 13.2. The molecule has 0 atom stereocenters. The van der Waals surface area contributed by atoms with Gasteiger partial charge in [0, 0.05) is 19.5 Å². The van der Waals surface area contributed by atoms with E-state index in [1.54, 1.807) is 26.1 Å². The van der Waals surface area contributed by atoms with E-state index in [-0.39, 0.29) is 11.7 Å². The summed E-state index contributed by atoms with van der Waals surface area (Å²) in [6.07, 6.45) is 2.54. The predicted octanol–water partition coefficient (Wildman–Crippen LogP) is 2.38. The molecule has 2 N–H and O–H groups in total. The molecule has 27 heavy (non-hydrogen) atoms. The van der Waals surface area contributed by atoms with E-state index in [0.717, 1.165) is 31.5 Å². The van der Waals surface area contributed by atoms with Crippen molar-refractivity contribution in [3.63, 3.8) is 0 Å². The number of hydrogen-bond acceptors (Lipinski definition) is 5. The molecule has 6 nitrogen and oxygen atoms in total. The molecule has 0 unspecified atom stereocenters. The average molecular weight is 371 g/mol. The fraction of sp³-hybridized carbons (Fsp3) is 0.450. The normalized spacial score (nSPS) is 15.6. The molecule has 2 heterocycles. The van der Waals surface area contributed by atoms with Gasteiger partial charge in [0.05, 0.1) is 11.4 Å². The van der Waals surface area contributed by atoms with E-state index in [0.29, 0.717) is 35.4 Å². The van der Waals surface area contributed by atoms with Crippen LogP contribution in [0.5, 0.6) is 0 Å². The molecule has 7 heteroatoms. The lowest BCUT2D eigenvalue weighted by Gasteiger charge is -2.30. The maximum atomic E-state index is 13.2. The van der Waals surface area contributed by atoms with Crippen molar-refractivity contribution in [1.82, 2.24) is 20.2 Å². The molecule has 144 valence electrons. The number of carbonyl (C=O) groups is 1. The summed E-state index contributed by atoms with van der Waals surface area (Å²) < 4.78 is 13.2. The third-order valence-electron chi connectivity index (χ3n) is 4.93. The fourth-order valence-corrected chi connectivity index (χ4v) is 3.27. The highest BCUT2D eigenvalue weighted by atomic mass is 19.1. The number of aryl methyl sites for hydroxylation is 1. The molecule has 1 amide bonds. The number of amides is 1. The van der Waals surface area contributed by atoms with Gasteiger partial charge >= 0.3 is 0 Å². The summed E-state index contributed by atoms with van der Waals surface area (Å²) in [5.41, 5.74) is 2.53. The van der Waals surface area contributed by atoms with Crippen molar-refractivity contribution < 1.29 is 9.18 Å². The van der Waals surface area contributed by atoms with Crippen LogP contribution in [0.25, 0.3) is 0 Å². The van der Waals surface area contributed by atoms with Crippen LogP contribution >= 0.6 is 0 Å². The van der Waals surface area contributed by atoms with E-state index in [4.69, 9.17) is 0 Å². The highest BCUT2D eigenvalue weighted by Crippen LogP contribution is 2.21. The molecule has 0 bridgehead atoms. The van der Waals surface area contributed by atoms with Crippen molar-refractivity contribution >= 4 is 11.7 Å². The standard InChI is InChI=1S/C20H26FN5O/c1-13-18(20(27)22-2)25-17(12-14-4-6-15(21)7-5-14)19(23-13)24-16-8-10-26(3)11-9-16/h4-7,16H,8-12H2,1-3H3,(H,22,27)(H,23,24). The largest absolute Gasteiger partial charge is 0.366 e. The lowest BCUT2D eigenvalue weighted by molar-refractivity contribution is 0.0957. The minimum absolute atomic E-state index is 0.258. The molecular weight excluding hydrogens is 345 g/mol. The zero-order chi connectivity index (χ0) is 19.4. The van der Waals surface area contributed by atoms with Crippen LogP contribution < -0.4 is 10.6 Å². The van der Waals surface area contributed by atoms with E-state index in [1.165, 1.54) is 12.1 Å². The summed E-state index contributed by atoms with van der Waals surface area (Å²) in [7, 11) is 3.70. The fourth-order valence-electron chi connectivity index (χ4n) is 3.27. The molecule has 1 saturated heterocycles. The van der Waals surface area contributed by atoms with Crippen molar-refractivity contribution in [3.8, 4) is 0 Å². The van der Waals surface area contributed by atoms with Crippen LogP contribution in [0.15, 0.2) is 24.3 Å². The van der Waals surface area contributed by atoms with Gasteiger partial charge in [0.1, 0.15) is 17.3 Å². The molecule has 2 aromatic rings. The second kappa shape index (κ2) is 8.43. The van der Waals surface area contributed by atoms with Crippen molar-refractivity contribution in [2.75, 3.05) is 32.5 Å². The van der Waals surface area contributed by atoms with E-state index in [2.05, 4.69) is 32.5 Å². The summed E-state index contributed by atoms with van der Waals surface area (Å²) in [5.74, 6) is 0.176. The van der Waals surface area contributed by atoms with Gasteiger partial charge in [0.2, 0.25) is 0 Å². The Morgan fingerprint density at radius 2 is 1.89 bits per heavy atom. The van der Waals surface area contributed by atoms with Gasteiger partial charge in [0.25, 0.3) is 5.91 Å². The molecule has 1 aromatic heterocycles. The van der Waals surface area contributed by atoms with Crippen LogP contribution in [-0.2, 0) is 6.42 Å². The average Bonchev–Trinajstić information content (AvgIpc) is 2.66. The lowest BCUT2D eigenvalue weighted by Crippen LogP contribution is -2.37. The first-order valence-corrected chi connectivity index (χ1v) is 9.25. The van der Waals surface area contributed by atoms with Gasteiger partial charge in [-0.1, -0.05) is 12.1 Å². The molecule has 1 aromatic carbocycles. The van der Waals surface area contributed by atoms with Crippen LogP contribution in [0, 0.1) is 12.7 Å². The third kappa shape index (κ3) is 4.80. The molecule has 0 aliphatic carbocycles. The van der Waals surface area contributed by atoms with Crippen molar-refractivity contribution in [2.45, 2.75) is 32.2 Å². The number of nitrogens with zero attached hydrogens (tertiary/aromatic N) is 3. The number of likely N-dealkylation sites (tertiary alicyclic amines) is 1. The van der Waals surface area contributed by atoms with Gasteiger partial charge in [0.15, 0.2) is 0 Å². The highest BCUT2D eigenvalue weighted by Gasteiger charge is 2.21. The van der Waals surface area contributed by atoms with Gasteiger partial charge < -0.3 is 15.5 Å². The molecular formula is C20H26FN5O. The summed E-state index contributed by atoms with van der Waals surface area (Å²) in [6, 6.07) is 6.65. The first-order chi connectivity index (χ1) is 13.0. The first-order valence-electron chi connectivity index (χ1n) is 9.25. The Kier molecular flexibility index (Phi) is 6.01. The van der Waals surface area contributed by atoms with Crippen molar-refractivity contribution in [3.05, 3.63) is 52.7 Å². The van der Waals surface area contributed by atoms with E-state index >= 15 is 0 Å². The molecule has 0 radical (unpaired) electrons. The summed E-state index contributed by atoms with van der Waals surface area (Å²) in [6.45, 7) is 3.86. The molecule has 1 aliphatic rings. The zero-order valence-electron chi connectivity index (χ0n) is 16.1. The number of hydrogen-bond donors (Lipinski definition) is 2.